The lowest BCUT2D eigenvalue weighted by Crippen LogP contribution is -2.41. The molecule has 0 aromatic heterocycles. The van der Waals surface area contributed by atoms with Crippen molar-refractivity contribution in [2.75, 3.05) is 26.2 Å². The maximum atomic E-state index is 4.75. The number of guanidine groups is 1. The van der Waals surface area contributed by atoms with Gasteiger partial charge in [-0.2, -0.15) is 0 Å². The summed E-state index contributed by atoms with van der Waals surface area (Å²) in [5.74, 6) is 0.887. The standard InChI is InChI=1S/C18H32N4.HI/c1-6-19-18(20-14-15(4)22(7-2)8-3)21-16(5)17-12-10-9-11-13-17;/h9-13,15-16H,6-8,14H2,1-5H3,(H2,19,20,21);1H. The molecule has 1 aromatic rings. The zero-order valence-electron chi connectivity index (χ0n) is 15.2. The Balaban J connectivity index is 0.00000484. The minimum absolute atomic E-state index is 0. The van der Waals surface area contributed by atoms with Crippen molar-refractivity contribution in [3.8, 4) is 0 Å². The van der Waals surface area contributed by atoms with Crippen LogP contribution < -0.4 is 10.6 Å². The summed E-state index contributed by atoms with van der Waals surface area (Å²) in [6, 6.07) is 11.2. The van der Waals surface area contributed by atoms with Crippen molar-refractivity contribution in [3.05, 3.63) is 35.9 Å². The molecule has 0 aliphatic heterocycles. The Morgan fingerprint density at radius 3 is 2.22 bits per heavy atom. The number of halogens is 1. The van der Waals surface area contributed by atoms with Crippen LogP contribution in [0.3, 0.4) is 0 Å². The first-order valence-electron chi connectivity index (χ1n) is 8.46. The zero-order valence-corrected chi connectivity index (χ0v) is 17.5. The van der Waals surface area contributed by atoms with Gasteiger partial charge in [-0.15, -0.1) is 24.0 Å². The van der Waals surface area contributed by atoms with Crippen LogP contribution >= 0.6 is 24.0 Å². The van der Waals surface area contributed by atoms with E-state index in [1.807, 2.05) is 6.07 Å². The van der Waals surface area contributed by atoms with Crippen LogP contribution in [0, 0.1) is 0 Å². The molecular formula is C18H33IN4. The van der Waals surface area contributed by atoms with Gasteiger partial charge in [0.2, 0.25) is 0 Å². The molecule has 5 heteroatoms. The van der Waals surface area contributed by atoms with Gasteiger partial charge in [-0.1, -0.05) is 44.2 Å². The van der Waals surface area contributed by atoms with E-state index in [4.69, 9.17) is 4.99 Å². The molecule has 2 unspecified atom stereocenters. The van der Waals surface area contributed by atoms with Crippen molar-refractivity contribution in [1.82, 2.24) is 15.5 Å². The van der Waals surface area contributed by atoms with Crippen LogP contribution in [-0.2, 0) is 0 Å². The SMILES string of the molecule is CCNC(=NCC(C)N(CC)CC)NC(C)c1ccccc1.I. The summed E-state index contributed by atoms with van der Waals surface area (Å²) in [5.41, 5.74) is 1.27. The summed E-state index contributed by atoms with van der Waals surface area (Å²) < 4.78 is 0. The first-order valence-corrected chi connectivity index (χ1v) is 8.46. The fraction of sp³-hybridized carbons (Fsp3) is 0.611. The maximum Gasteiger partial charge on any atom is 0.191 e. The van der Waals surface area contributed by atoms with Gasteiger partial charge in [0.15, 0.2) is 5.96 Å². The van der Waals surface area contributed by atoms with E-state index in [0.29, 0.717) is 6.04 Å². The largest absolute Gasteiger partial charge is 0.357 e. The van der Waals surface area contributed by atoms with Gasteiger partial charge in [-0.25, -0.2) is 0 Å². The highest BCUT2D eigenvalue weighted by Crippen LogP contribution is 2.10. The molecule has 0 radical (unpaired) electrons. The van der Waals surface area contributed by atoms with E-state index in [0.717, 1.165) is 32.1 Å². The third kappa shape index (κ3) is 8.01. The lowest BCUT2D eigenvalue weighted by Gasteiger charge is -2.25. The molecule has 0 heterocycles. The summed E-state index contributed by atoms with van der Waals surface area (Å²) in [5, 5.41) is 6.82. The van der Waals surface area contributed by atoms with E-state index in [1.165, 1.54) is 5.56 Å². The van der Waals surface area contributed by atoms with E-state index in [2.05, 4.69) is 74.4 Å². The Kier molecular flexibility index (Phi) is 12.1. The zero-order chi connectivity index (χ0) is 16.4. The molecule has 1 aromatic carbocycles. The number of hydrogen-bond acceptors (Lipinski definition) is 2. The molecule has 0 aliphatic rings. The predicted molar refractivity (Wildman–Crippen MR) is 112 cm³/mol. The Hall–Kier alpha value is -0.820. The number of nitrogens with zero attached hydrogens (tertiary/aromatic N) is 2. The monoisotopic (exact) mass is 432 g/mol. The Labute approximate surface area is 159 Å². The van der Waals surface area contributed by atoms with Gasteiger partial charge in [0.05, 0.1) is 12.6 Å². The normalized spacial score (nSPS) is 14.1. The number of hydrogen-bond donors (Lipinski definition) is 2. The third-order valence-corrected chi connectivity index (χ3v) is 3.95. The van der Waals surface area contributed by atoms with Crippen LogP contribution in [0.4, 0.5) is 0 Å². The van der Waals surface area contributed by atoms with E-state index in [9.17, 15) is 0 Å². The minimum atomic E-state index is 0. The maximum absolute atomic E-state index is 4.75. The fourth-order valence-electron chi connectivity index (χ4n) is 2.54. The molecule has 0 amide bonds. The van der Waals surface area contributed by atoms with Crippen molar-refractivity contribution >= 4 is 29.9 Å². The molecule has 0 saturated carbocycles. The second-order valence-corrected chi connectivity index (χ2v) is 5.57. The van der Waals surface area contributed by atoms with Crippen molar-refractivity contribution < 1.29 is 0 Å². The van der Waals surface area contributed by atoms with Gasteiger partial charge >= 0.3 is 0 Å². The molecule has 1 rings (SSSR count). The average molecular weight is 432 g/mol. The van der Waals surface area contributed by atoms with Crippen molar-refractivity contribution in [3.63, 3.8) is 0 Å². The summed E-state index contributed by atoms with van der Waals surface area (Å²) >= 11 is 0. The predicted octanol–water partition coefficient (Wildman–Crippen LogP) is 3.65. The Morgan fingerprint density at radius 1 is 1.09 bits per heavy atom. The molecular weight excluding hydrogens is 399 g/mol. The molecule has 2 atom stereocenters. The van der Waals surface area contributed by atoms with Crippen LogP contribution in [0.2, 0.25) is 0 Å². The Morgan fingerprint density at radius 2 is 1.70 bits per heavy atom. The number of benzene rings is 1. The summed E-state index contributed by atoms with van der Waals surface area (Å²) in [6.45, 7) is 14.7. The molecule has 4 nitrogen and oxygen atoms in total. The molecule has 0 aliphatic carbocycles. The van der Waals surface area contributed by atoms with E-state index in [1.54, 1.807) is 0 Å². The van der Waals surface area contributed by atoms with Crippen LogP contribution in [-0.4, -0.2) is 43.1 Å². The lowest BCUT2D eigenvalue weighted by atomic mass is 10.1. The quantitative estimate of drug-likeness (QED) is 0.374. The van der Waals surface area contributed by atoms with E-state index in [-0.39, 0.29) is 30.0 Å². The molecule has 0 spiro atoms. The van der Waals surface area contributed by atoms with Gasteiger partial charge < -0.3 is 10.6 Å². The fourth-order valence-corrected chi connectivity index (χ4v) is 2.54. The van der Waals surface area contributed by atoms with Crippen LogP contribution in [0.15, 0.2) is 35.3 Å². The minimum Gasteiger partial charge on any atom is -0.357 e. The van der Waals surface area contributed by atoms with Crippen LogP contribution in [0.1, 0.15) is 46.2 Å². The highest BCUT2D eigenvalue weighted by Gasteiger charge is 2.11. The second-order valence-electron chi connectivity index (χ2n) is 5.57. The second kappa shape index (κ2) is 12.6. The third-order valence-electron chi connectivity index (χ3n) is 3.95. The molecule has 2 N–H and O–H groups in total. The topological polar surface area (TPSA) is 39.7 Å². The van der Waals surface area contributed by atoms with Gasteiger partial charge in [0, 0.05) is 12.6 Å². The smallest absolute Gasteiger partial charge is 0.191 e. The first-order chi connectivity index (χ1) is 10.6. The van der Waals surface area contributed by atoms with Gasteiger partial charge in [-0.3, -0.25) is 9.89 Å². The van der Waals surface area contributed by atoms with Gasteiger partial charge in [0.1, 0.15) is 0 Å². The molecule has 0 saturated heterocycles. The van der Waals surface area contributed by atoms with Crippen molar-refractivity contribution in [2.24, 2.45) is 4.99 Å². The molecule has 0 fully saturated rings. The number of nitrogens with one attached hydrogen (secondary N) is 2. The number of rotatable bonds is 8. The van der Waals surface area contributed by atoms with Crippen molar-refractivity contribution in [2.45, 2.75) is 46.7 Å². The van der Waals surface area contributed by atoms with E-state index < -0.39 is 0 Å². The summed E-state index contributed by atoms with van der Waals surface area (Å²) in [7, 11) is 0. The van der Waals surface area contributed by atoms with Crippen molar-refractivity contribution in [1.29, 1.82) is 0 Å². The summed E-state index contributed by atoms with van der Waals surface area (Å²) in [6.07, 6.45) is 0. The highest BCUT2D eigenvalue weighted by atomic mass is 127. The highest BCUT2D eigenvalue weighted by molar-refractivity contribution is 14.0. The van der Waals surface area contributed by atoms with Gasteiger partial charge in [0.25, 0.3) is 0 Å². The lowest BCUT2D eigenvalue weighted by molar-refractivity contribution is 0.237. The van der Waals surface area contributed by atoms with E-state index >= 15 is 0 Å². The Bertz CT molecular complexity index is 432. The van der Waals surface area contributed by atoms with Crippen LogP contribution in [0.5, 0.6) is 0 Å². The van der Waals surface area contributed by atoms with Gasteiger partial charge in [-0.05, 0) is 39.4 Å². The molecule has 0 bridgehead atoms. The van der Waals surface area contributed by atoms with Crippen LogP contribution in [0.25, 0.3) is 0 Å². The molecule has 132 valence electrons. The summed E-state index contributed by atoms with van der Waals surface area (Å²) in [4.78, 5) is 7.17. The number of likely N-dealkylation sites (N-methyl/N-ethyl adjacent to an activating group) is 1. The first kappa shape index (κ1) is 22.2. The number of aliphatic imine (C=N–C) groups is 1. The average Bonchev–Trinajstić information content (AvgIpc) is 2.54. The molecule has 23 heavy (non-hydrogen) atoms.